The summed E-state index contributed by atoms with van der Waals surface area (Å²) in [6.07, 6.45) is 9.85. The number of piperidine rings is 1. The van der Waals surface area contributed by atoms with Crippen molar-refractivity contribution < 1.29 is 4.79 Å². The average Bonchev–Trinajstić information content (AvgIpc) is 2.84. The summed E-state index contributed by atoms with van der Waals surface area (Å²) < 4.78 is 0. The summed E-state index contributed by atoms with van der Waals surface area (Å²) in [5, 5.41) is 12.5. The molecule has 1 saturated heterocycles. The zero-order valence-corrected chi connectivity index (χ0v) is 18.7. The number of nitriles is 1. The van der Waals surface area contributed by atoms with Gasteiger partial charge in [0.05, 0.1) is 11.6 Å². The van der Waals surface area contributed by atoms with Crippen molar-refractivity contribution in [2.45, 2.75) is 44.4 Å². The lowest BCUT2D eigenvalue weighted by molar-refractivity contribution is -0.119. The molecule has 1 amide bonds. The highest BCUT2D eigenvalue weighted by molar-refractivity contribution is 5.97. The summed E-state index contributed by atoms with van der Waals surface area (Å²) in [5.74, 6) is -0.108. The Morgan fingerprint density at radius 1 is 1.09 bits per heavy atom. The number of fused-ring (bicyclic) bond motifs is 1. The molecule has 1 aromatic heterocycles. The topological polar surface area (TPSA) is 102 Å². The van der Waals surface area contributed by atoms with E-state index in [4.69, 9.17) is 0 Å². The van der Waals surface area contributed by atoms with Crippen molar-refractivity contribution in [1.29, 1.82) is 5.26 Å². The number of carbonyl (C=O) groups is 1. The lowest BCUT2D eigenvalue weighted by atomic mass is 9.71. The van der Waals surface area contributed by atoms with Crippen LogP contribution in [0.2, 0.25) is 0 Å². The molecule has 3 aliphatic rings. The lowest BCUT2D eigenvalue weighted by Gasteiger charge is -2.36. The molecule has 0 bridgehead atoms. The van der Waals surface area contributed by atoms with Crippen LogP contribution >= 0.6 is 0 Å². The number of benzene rings is 1. The van der Waals surface area contributed by atoms with Gasteiger partial charge in [-0.25, -0.2) is 0 Å². The molecule has 170 valence electrons. The molecule has 2 N–H and O–H groups in total. The van der Waals surface area contributed by atoms with Gasteiger partial charge in [-0.3, -0.25) is 14.6 Å². The Morgan fingerprint density at radius 3 is 2.58 bits per heavy atom. The average molecular weight is 444 g/mol. The van der Waals surface area contributed by atoms with E-state index in [1.807, 2.05) is 6.07 Å². The molecule has 33 heavy (non-hydrogen) atoms. The van der Waals surface area contributed by atoms with Gasteiger partial charge in [-0.2, -0.15) is 10.2 Å². The zero-order valence-electron chi connectivity index (χ0n) is 18.7. The van der Waals surface area contributed by atoms with E-state index in [9.17, 15) is 14.9 Å². The maximum Gasteiger partial charge on any atom is 0.257 e. The summed E-state index contributed by atoms with van der Waals surface area (Å²) in [5.41, 5.74) is 1.58. The zero-order chi connectivity index (χ0) is 22.8. The fourth-order valence-corrected chi connectivity index (χ4v) is 5.64. The second-order valence-electron chi connectivity index (χ2n) is 9.44. The number of amides is 1. The van der Waals surface area contributed by atoms with Gasteiger partial charge in [-0.05, 0) is 55.9 Å². The molecule has 7 heteroatoms. The van der Waals surface area contributed by atoms with Crippen molar-refractivity contribution >= 4 is 17.7 Å². The number of anilines is 2. The summed E-state index contributed by atoms with van der Waals surface area (Å²) in [6, 6.07) is 12.7. The second-order valence-corrected chi connectivity index (χ2v) is 9.44. The first-order chi connectivity index (χ1) is 16.1. The van der Waals surface area contributed by atoms with E-state index < -0.39 is 11.8 Å². The number of H-pyrrole nitrogens is 1. The van der Waals surface area contributed by atoms with Gasteiger partial charge in [0.25, 0.3) is 5.56 Å². The third kappa shape index (κ3) is 4.30. The van der Waals surface area contributed by atoms with Gasteiger partial charge in [0, 0.05) is 19.0 Å². The molecule has 3 atom stereocenters. The highest BCUT2D eigenvalue weighted by atomic mass is 16.2. The molecule has 1 aliphatic carbocycles. The third-order valence-corrected chi connectivity index (χ3v) is 7.40. The number of allylic oxidation sites excluding steroid dienone is 2. The number of rotatable bonds is 4. The van der Waals surface area contributed by atoms with E-state index in [-0.39, 0.29) is 17.4 Å². The Hall–Kier alpha value is -3.40. The minimum atomic E-state index is -0.864. The maximum absolute atomic E-state index is 13.3. The number of nitrogens with one attached hydrogen (secondary N) is 2. The normalized spacial score (nSPS) is 25.2. The van der Waals surface area contributed by atoms with Gasteiger partial charge in [-0.1, -0.05) is 42.5 Å². The summed E-state index contributed by atoms with van der Waals surface area (Å²) in [4.78, 5) is 35.8. The number of aromatic amines is 1. The van der Waals surface area contributed by atoms with Crippen molar-refractivity contribution in [3.63, 3.8) is 0 Å². The molecular formula is C26H29N5O2. The van der Waals surface area contributed by atoms with Crippen LogP contribution in [0.4, 0.5) is 11.8 Å². The van der Waals surface area contributed by atoms with Gasteiger partial charge in [0.1, 0.15) is 11.7 Å². The Labute approximate surface area is 193 Å². The van der Waals surface area contributed by atoms with E-state index in [0.29, 0.717) is 23.2 Å². The summed E-state index contributed by atoms with van der Waals surface area (Å²) >= 11 is 0. The van der Waals surface area contributed by atoms with Crippen LogP contribution < -0.4 is 15.8 Å². The fraction of sp³-hybridized carbons (Fsp3) is 0.462. The van der Waals surface area contributed by atoms with Crippen molar-refractivity contribution in [2.24, 2.45) is 17.8 Å². The van der Waals surface area contributed by atoms with Gasteiger partial charge in [0.15, 0.2) is 0 Å². The number of hydrogen-bond acceptors (Lipinski definition) is 5. The largest absolute Gasteiger partial charge is 0.342 e. The first-order valence-electron chi connectivity index (χ1n) is 11.9. The molecule has 3 unspecified atom stereocenters. The number of hydrogen-bond donors (Lipinski definition) is 2. The molecule has 1 fully saturated rings. The van der Waals surface area contributed by atoms with Crippen LogP contribution in [0.5, 0.6) is 0 Å². The number of aromatic nitrogens is 2. The van der Waals surface area contributed by atoms with Crippen LogP contribution in [0.3, 0.4) is 0 Å². The minimum Gasteiger partial charge on any atom is -0.342 e. The number of nitrogens with zero attached hydrogens (tertiary/aromatic N) is 3. The highest BCUT2D eigenvalue weighted by Crippen LogP contribution is 2.43. The first-order valence-corrected chi connectivity index (χ1v) is 11.9. The Bertz CT molecular complexity index is 1140. The molecule has 2 aliphatic heterocycles. The minimum absolute atomic E-state index is 0.0898. The van der Waals surface area contributed by atoms with Crippen LogP contribution in [-0.4, -0.2) is 29.0 Å². The Kier molecular flexibility index (Phi) is 5.99. The van der Waals surface area contributed by atoms with Gasteiger partial charge >= 0.3 is 0 Å². The van der Waals surface area contributed by atoms with Crippen LogP contribution in [-0.2, 0) is 11.2 Å². The van der Waals surface area contributed by atoms with Crippen molar-refractivity contribution in [3.05, 3.63) is 64.0 Å². The van der Waals surface area contributed by atoms with Crippen molar-refractivity contribution in [2.75, 3.05) is 23.3 Å². The third-order valence-electron chi connectivity index (χ3n) is 7.40. The lowest BCUT2D eigenvalue weighted by Crippen LogP contribution is -2.42. The molecular weight excluding hydrogens is 414 g/mol. The Balaban J connectivity index is 1.37. The molecule has 3 heterocycles. The van der Waals surface area contributed by atoms with Crippen LogP contribution in [0, 0.1) is 29.1 Å². The molecule has 1 aromatic carbocycles. The molecule has 7 nitrogen and oxygen atoms in total. The van der Waals surface area contributed by atoms with Crippen molar-refractivity contribution in [3.8, 4) is 6.07 Å². The molecule has 0 spiro atoms. The van der Waals surface area contributed by atoms with E-state index >= 15 is 0 Å². The second kappa shape index (κ2) is 9.22. The first kappa shape index (κ1) is 21.4. The van der Waals surface area contributed by atoms with Crippen LogP contribution in [0.1, 0.15) is 49.1 Å². The predicted octanol–water partition coefficient (Wildman–Crippen LogP) is 3.76. The predicted molar refractivity (Wildman–Crippen MR) is 127 cm³/mol. The molecule has 5 rings (SSSR count). The van der Waals surface area contributed by atoms with E-state index in [2.05, 4.69) is 62.7 Å². The van der Waals surface area contributed by atoms with E-state index in [0.717, 1.165) is 51.6 Å². The standard InChI is InChI=1S/C26H29N5O2/c27-16-20-21(19-9-5-2-6-10-19)22-23(28-24(20)32)29-26(30-25(22)33)31-13-11-18(12-14-31)15-17-7-3-1-4-8-17/h1-5,7-8,18-21H,6,9-15H2,(H2,28,29,30,32,33). The van der Waals surface area contributed by atoms with Gasteiger partial charge < -0.3 is 10.2 Å². The smallest absolute Gasteiger partial charge is 0.257 e. The summed E-state index contributed by atoms with van der Waals surface area (Å²) in [7, 11) is 0. The molecule has 2 aromatic rings. The van der Waals surface area contributed by atoms with Crippen LogP contribution in [0.25, 0.3) is 0 Å². The van der Waals surface area contributed by atoms with E-state index in [1.54, 1.807) is 0 Å². The fourth-order valence-electron chi connectivity index (χ4n) is 5.64. The SMILES string of the molecule is N#CC1C(=O)Nc2nc(N3CCC(Cc4ccccc4)CC3)[nH]c(=O)c2C1C1CC=CCC1. The quantitative estimate of drug-likeness (QED) is 0.701. The summed E-state index contributed by atoms with van der Waals surface area (Å²) in [6.45, 7) is 1.62. The van der Waals surface area contributed by atoms with E-state index in [1.165, 1.54) is 5.56 Å². The molecule has 0 saturated carbocycles. The Morgan fingerprint density at radius 2 is 1.88 bits per heavy atom. The monoisotopic (exact) mass is 443 g/mol. The van der Waals surface area contributed by atoms with Crippen molar-refractivity contribution in [1.82, 2.24) is 9.97 Å². The maximum atomic E-state index is 13.3. The van der Waals surface area contributed by atoms with Gasteiger partial charge in [0.2, 0.25) is 11.9 Å². The molecule has 0 radical (unpaired) electrons. The highest BCUT2D eigenvalue weighted by Gasteiger charge is 2.43. The van der Waals surface area contributed by atoms with Crippen LogP contribution in [0.15, 0.2) is 47.3 Å². The number of carbonyl (C=O) groups excluding carboxylic acids is 1. The van der Waals surface area contributed by atoms with Gasteiger partial charge in [-0.15, -0.1) is 0 Å².